The van der Waals surface area contributed by atoms with Crippen LogP contribution in [0.2, 0.25) is 0 Å². The summed E-state index contributed by atoms with van der Waals surface area (Å²) in [4.78, 5) is 11.8. The molecule has 0 aliphatic heterocycles. The van der Waals surface area contributed by atoms with E-state index in [9.17, 15) is 14.3 Å². The summed E-state index contributed by atoms with van der Waals surface area (Å²) in [6.45, 7) is 2.02. The standard InChI is InChI=1S/C16H16FNO2/c1-11-4-2-3-5-14(11)15(19)10-18-16(20)12-6-8-13(17)9-7-12/h2-9,15,19H,10H2,1H3,(H,18,20). The van der Waals surface area contributed by atoms with Crippen molar-refractivity contribution >= 4 is 5.91 Å². The molecular formula is C16H16FNO2. The van der Waals surface area contributed by atoms with Crippen molar-refractivity contribution in [3.63, 3.8) is 0 Å². The Balaban J connectivity index is 1.97. The van der Waals surface area contributed by atoms with Crippen LogP contribution < -0.4 is 5.32 Å². The van der Waals surface area contributed by atoms with E-state index in [4.69, 9.17) is 0 Å². The third-order valence-electron chi connectivity index (χ3n) is 3.11. The van der Waals surface area contributed by atoms with Gasteiger partial charge < -0.3 is 10.4 Å². The molecule has 0 fully saturated rings. The highest BCUT2D eigenvalue weighted by Gasteiger charge is 2.12. The van der Waals surface area contributed by atoms with Crippen molar-refractivity contribution in [1.82, 2.24) is 5.32 Å². The molecule has 0 saturated heterocycles. The molecule has 0 saturated carbocycles. The lowest BCUT2D eigenvalue weighted by Gasteiger charge is -2.14. The molecule has 1 atom stereocenters. The number of aliphatic hydroxyl groups is 1. The van der Waals surface area contributed by atoms with E-state index < -0.39 is 6.10 Å². The molecule has 1 unspecified atom stereocenters. The van der Waals surface area contributed by atoms with E-state index in [1.807, 2.05) is 31.2 Å². The summed E-state index contributed by atoms with van der Waals surface area (Å²) in [6, 6.07) is 12.7. The summed E-state index contributed by atoms with van der Waals surface area (Å²) in [5.74, 6) is -0.723. The van der Waals surface area contributed by atoms with Gasteiger partial charge in [-0.25, -0.2) is 4.39 Å². The number of carbonyl (C=O) groups is 1. The minimum atomic E-state index is -0.763. The second-order valence-corrected chi connectivity index (χ2v) is 4.59. The van der Waals surface area contributed by atoms with Gasteiger partial charge in [-0.1, -0.05) is 24.3 Å². The zero-order valence-corrected chi connectivity index (χ0v) is 11.1. The third-order valence-corrected chi connectivity index (χ3v) is 3.11. The number of hydrogen-bond acceptors (Lipinski definition) is 2. The van der Waals surface area contributed by atoms with Crippen molar-refractivity contribution in [1.29, 1.82) is 0 Å². The minimum absolute atomic E-state index is 0.112. The van der Waals surface area contributed by atoms with Crippen LogP contribution in [-0.4, -0.2) is 17.6 Å². The topological polar surface area (TPSA) is 49.3 Å². The summed E-state index contributed by atoms with van der Waals surface area (Å²) in [7, 11) is 0. The number of hydrogen-bond donors (Lipinski definition) is 2. The lowest BCUT2D eigenvalue weighted by molar-refractivity contribution is 0.0916. The first-order valence-corrected chi connectivity index (χ1v) is 6.35. The number of aliphatic hydroxyl groups excluding tert-OH is 1. The molecule has 104 valence electrons. The Morgan fingerprint density at radius 1 is 1.20 bits per heavy atom. The third kappa shape index (κ3) is 3.42. The summed E-state index contributed by atoms with van der Waals surface area (Å²) in [5.41, 5.74) is 2.12. The molecule has 2 aromatic carbocycles. The molecule has 3 nitrogen and oxygen atoms in total. The van der Waals surface area contributed by atoms with Gasteiger partial charge in [0.25, 0.3) is 5.91 Å². The maximum Gasteiger partial charge on any atom is 0.251 e. The van der Waals surface area contributed by atoms with Crippen LogP contribution in [0.5, 0.6) is 0 Å². The zero-order valence-electron chi connectivity index (χ0n) is 11.1. The van der Waals surface area contributed by atoms with Crippen LogP contribution in [0, 0.1) is 12.7 Å². The molecule has 0 bridgehead atoms. The Morgan fingerprint density at radius 2 is 1.85 bits per heavy atom. The second kappa shape index (κ2) is 6.30. The first kappa shape index (κ1) is 14.2. The quantitative estimate of drug-likeness (QED) is 0.899. The lowest BCUT2D eigenvalue weighted by Crippen LogP contribution is -2.28. The van der Waals surface area contributed by atoms with E-state index in [-0.39, 0.29) is 18.3 Å². The number of carbonyl (C=O) groups excluding carboxylic acids is 1. The lowest BCUT2D eigenvalue weighted by atomic mass is 10.0. The Kier molecular flexibility index (Phi) is 4.48. The molecule has 0 radical (unpaired) electrons. The van der Waals surface area contributed by atoms with E-state index in [0.29, 0.717) is 5.56 Å². The molecule has 0 aliphatic carbocycles. The van der Waals surface area contributed by atoms with Crippen molar-refractivity contribution < 1.29 is 14.3 Å². The normalized spacial score (nSPS) is 11.9. The summed E-state index contributed by atoms with van der Waals surface area (Å²) in [5, 5.41) is 12.7. The number of benzene rings is 2. The average molecular weight is 273 g/mol. The average Bonchev–Trinajstić information content (AvgIpc) is 2.45. The number of amides is 1. The van der Waals surface area contributed by atoms with Gasteiger partial charge in [-0.15, -0.1) is 0 Å². The second-order valence-electron chi connectivity index (χ2n) is 4.59. The van der Waals surface area contributed by atoms with Gasteiger partial charge in [0.2, 0.25) is 0 Å². The predicted octanol–water partition coefficient (Wildman–Crippen LogP) is 2.60. The van der Waals surface area contributed by atoms with Crippen molar-refractivity contribution in [2.75, 3.05) is 6.54 Å². The molecule has 0 spiro atoms. The van der Waals surface area contributed by atoms with Crippen LogP contribution in [-0.2, 0) is 0 Å². The number of rotatable bonds is 4. The van der Waals surface area contributed by atoms with Gasteiger partial charge in [-0.05, 0) is 42.3 Å². The molecule has 2 N–H and O–H groups in total. The molecule has 1 amide bonds. The highest BCUT2D eigenvalue weighted by Crippen LogP contribution is 2.16. The monoisotopic (exact) mass is 273 g/mol. The van der Waals surface area contributed by atoms with Crippen LogP contribution in [0.15, 0.2) is 48.5 Å². The van der Waals surface area contributed by atoms with E-state index in [1.54, 1.807) is 0 Å². The molecule has 0 heterocycles. The fraction of sp³-hybridized carbons (Fsp3) is 0.188. The van der Waals surface area contributed by atoms with Gasteiger partial charge in [0.15, 0.2) is 0 Å². The van der Waals surface area contributed by atoms with Gasteiger partial charge in [-0.3, -0.25) is 4.79 Å². The van der Waals surface area contributed by atoms with Gasteiger partial charge in [0.1, 0.15) is 5.82 Å². The Morgan fingerprint density at radius 3 is 2.50 bits per heavy atom. The number of aryl methyl sites for hydroxylation is 1. The van der Waals surface area contributed by atoms with Crippen LogP contribution in [0.25, 0.3) is 0 Å². The van der Waals surface area contributed by atoms with Crippen LogP contribution in [0.3, 0.4) is 0 Å². The number of halogens is 1. The molecule has 20 heavy (non-hydrogen) atoms. The molecule has 2 aromatic rings. The van der Waals surface area contributed by atoms with E-state index in [0.717, 1.165) is 11.1 Å². The van der Waals surface area contributed by atoms with Crippen molar-refractivity contribution in [3.05, 3.63) is 71.0 Å². The Bertz CT molecular complexity index is 596. The summed E-state index contributed by atoms with van der Waals surface area (Å²) >= 11 is 0. The van der Waals surface area contributed by atoms with Gasteiger partial charge in [0, 0.05) is 12.1 Å². The fourth-order valence-electron chi connectivity index (χ4n) is 1.96. The van der Waals surface area contributed by atoms with Crippen LogP contribution in [0.4, 0.5) is 4.39 Å². The molecular weight excluding hydrogens is 257 g/mol. The first-order valence-electron chi connectivity index (χ1n) is 6.35. The summed E-state index contributed by atoms with van der Waals surface area (Å²) < 4.78 is 12.8. The molecule has 4 heteroatoms. The summed E-state index contributed by atoms with van der Waals surface area (Å²) in [6.07, 6.45) is -0.763. The smallest absolute Gasteiger partial charge is 0.251 e. The molecule has 2 rings (SSSR count). The number of nitrogens with one attached hydrogen (secondary N) is 1. The van der Waals surface area contributed by atoms with Crippen molar-refractivity contribution in [2.45, 2.75) is 13.0 Å². The maximum absolute atomic E-state index is 12.8. The SMILES string of the molecule is Cc1ccccc1C(O)CNC(=O)c1ccc(F)cc1. The Hall–Kier alpha value is -2.20. The van der Waals surface area contributed by atoms with E-state index >= 15 is 0 Å². The van der Waals surface area contributed by atoms with E-state index in [1.165, 1.54) is 24.3 Å². The van der Waals surface area contributed by atoms with Gasteiger partial charge in [-0.2, -0.15) is 0 Å². The van der Waals surface area contributed by atoms with Gasteiger partial charge in [0.05, 0.1) is 6.10 Å². The van der Waals surface area contributed by atoms with Gasteiger partial charge >= 0.3 is 0 Å². The molecule has 0 aromatic heterocycles. The predicted molar refractivity (Wildman–Crippen MR) is 74.9 cm³/mol. The Labute approximate surface area is 117 Å². The highest BCUT2D eigenvalue weighted by atomic mass is 19.1. The maximum atomic E-state index is 12.8. The van der Waals surface area contributed by atoms with Crippen LogP contribution in [0.1, 0.15) is 27.6 Å². The van der Waals surface area contributed by atoms with Crippen molar-refractivity contribution in [3.8, 4) is 0 Å². The van der Waals surface area contributed by atoms with E-state index in [2.05, 4.69) is 5.32 Å². The largest absolute Gasteiger partial charge is 0.387 e. The van der Waals surface area contributed by atoms with Crippen LogP contribution >= 0.6 is 0 Å². The highest BCUT2D eigenvalue weighted by molar-refractivity contribution is 5.94. The minimum Gasteiger partial charge on any atom is -0.387 e. The zero-order chi connectivity index (χ0) is 14.5. The first-order chi connectivity index (χ1) is 9.58. The fourth-order valence-corrected chi connectivity index (χ4v) is 1.96. The molecule has 0 aliphatic rings. The van der Waals surface area contributed by atoms with Crippen molar-refractivity contribution in [2.24, 2.45) is 0 Å².